The van der Waals surface area contributed by atoms with Gasteiger partial charge in [-0.3, -0.25) is 0 Å². The zero-order valence-corrected chi connectivity index (χ0v) is 14.2. The number of rotatable bonds is 4. The van der Waals surface area contributed by atoms with E-state index in [1.54, 1.807) is 37.4 Å². The van der Waals surface area contributed by atoms with Gasteiger partial charge in [0.1, 0.15) is 17.7 Å². The number of hydrogen-bond acceptors (Lipinski definition) is 5. The number of sulfonamides is 1. The number of hydrogen-bond donors (Lipinski definition) is 0. The Morgan fingerprint density at radius 1 is 1.29 bits per heavy atom. The molecular weight excluding hydrogens is 326 g/mol. The van der Waals surface area contributed by atoms with Crippen LogP contribution in [0.15, 0.2) is 41.4 Å². The molecule has 0 N–H and O–H groups in total. The second kappa shape index (κ2) is 6.23. The van der Waals surface area contributed by atoms with Gasteiger partial charge in [-0.05, 0) is 37.6 Å². The van der Waals surface area contributed by atoms with Gasteiger partial charge in [-0.2, -0.15) is 9.57 Å². The molecule has 7 heteroatoms. The molecule has 1 aliphatic rings. The second-order valence-electron chi connectivity index (χ2n) is 5.80. The van der Waals surface area contributed by atoms with Gasteiger partial charge in [0.05, 0.1) is 18.0 Å². The third kappa shape index (κ3) is 2.98. The van der Waals surface area contributed by atoms with Crippen LogP contribution in [0, 0.1) is 25.2 Å². The van der Waals surface area contributed by atoms with E-state index in [4.69, 9.17) is 10.00 Å². The van der Waals surface area contributed by atoms with Crippen LogP contribution < -0.4 is 4.74 Å². The number of aryl methyl sites for hydroxylation is 2. The van der Waals surface area contributed by atoms with Gasteiger partial charge in [0.2, 0.25) is 15.9 Å². The molecule has 2 heterocycles. The number of nitriles is 1. The smallest absolute Gasteiger partial charge is 0.243 e. The minimum Gasteiger partial charge on any atom is -0.471 e. The monoisotopic (exact) mass is 343 g/mol. The first-order chi connectivity index (χ1) is 11.4. The Hall–Kier alpha value is -2.43. The number of aromatic nitrogens is 1. The van der Waals surface area contributed by atoms with Crippen molar-refractivity contribution in [3.63, 3.8) is 0 Å². The SMILES string of the molecule is Cc1ccc(S(=O)(=O)N2CC(Oc3ncccc3C#N)C2)c(C)c1. The minimum absolute atomic E-state index is 0.244. The van der Waals surface area contributed by atoms with Crippen LogP contribution in [-0.4, -0.2) is 36.9 Å². The van der Waals surface area contributed by atoms with Crippen LogP contribution in [0.4, 0.5) is 0 Å². The number of benzene rings is 1. The van der Waals surface area contributed by atoms with Gasteiger partial charge in [-0.15, -0.1) is 0 Å². The van der Waals surface area contributed by atoms with Gasteiger partial charge < -0.3 is 4.74 Å². The molecule has 1 aromatic heterocycles. The Kier molecular flexibility index (Phi) is 4.26. The number of nitrogens with zero attached hydrogens (tertiary/aromatic N) is 3. The Morgan fingerprint density at radius 2 is 2.04 bits per heavy atom. The van der Waals surface area contributed by atoms with E-state index in [1.807, 2.05) is 19.1 Å². The maximum atomic E-state index is 12.7. The molecule has 124 valence electrons. The fraction of sp³-hybridized carbons (Fsp3) is 0.294. The topological polar surface area (TPSA) is 83.3 Å². The zero-order valence-electron chi connectivity index (χ0n) is 13.4. The minimum atomic E-state index is -3.52. The Bertz CT molecular complexity index is 913. The van der Waals surface area contributed by atoms with Crippen molar-refractivity contribution < 1.29 is 13.2 Å². The summed E-state index contributed by atoms with van der Waals surface area (Å²) < 4.78 is 32.4. The molecule has 3 rings (SSSR count). The highest BCUT2D eigenvalue weighted by molar-refractivity contribution is 7.89. The molecule has 6 nitrogen and oxygen atoms in total. The van der Waals surface area contributed by atoms with E-state index in [-0.39, 0.29) is 25.1 Å². The normalized spacial score (nSPS) is 15.5. The van der Waals surface area contributed by atoms with Crippen LogP contribution in [0.2, 0.25) is 0 Å². The van der Waals surface area contributed by atoms with E-state index in [9.17, 15) is 8.42 Å². The molecule has 24 heavy (non-hydrogen) atoms. The first-order valence-electron chi connectivity index (χ1n) is 7.51. The largest absolute Gasteiger partial charge is 0.471 e. The van der Waals surface area contributed by atoms with Crippen molar-refractivity contribution in [1.82, 2.24) is 9.29 Å². The van der Waals surface area contributed by atoms with Crippen LogP contribution in [0.25, 0.3) is 0 Å². The predicted octanol–water partition coefficient (Wildman–Crippen LogP) is 2.02. The maximum absolute atomic E-state index is 12.7. The summed E-state index contributed by atoms with van der Waals surface area (Å²) >= 11 is 0. The standard InChI is InChI=1S/C17H17N3O3S/c1-12-5-6-16(13(2)8-12)24(21,22)20-10-15(11-20)23-17-14(9-18)4-3-7-19-17/h3-8,15H,10-11H2,1-2H3. The molecule has 1 fully saturated rings. The fourth-order valence-corrected chi connectivity index (χ4v) is 4.34. The molecule has 1 aromatic carbocycles. The molecule has 1 aliphatic heterocycles. The fourth-order valence-electron chi connectivity index (χ4n) is 2.63. The van der Waals surface area contributed by atoms with Crippen LogP contribution in [0.3, 0.4) is 0 Å². The third-order valence-corrected chi connectivity index (χ3v) is 5.92. The lowest BCUT2D eigenvalue weighted by molar-refractivity contribution is 0.0718. The van der Waals surface area contributed by atoms with Crippen molar-refractivity contribution in [2.45, 2.75) is 24.8 Å². The second-order valence-corrected chi connectivity index (χ2v) is 7.71. The van der Waals surface area contributed by atoms with E-state index in [0.717, 1.165) is 11.1 Å². The molecule has 0 bridgehead atoms. The third-order valence-electron chi connectivity index (χ3n) is 3.93. The number of pyridine rings is 1. The van der Waals surface area contributed by atoms with Crippen molar-refractivity contribution in [3.05, 3.63) is 53.2 Å². The van der Waals surface area contributed by atoms with Crippen LogP contribution in [0.5, 0.6) is 5.88 Å². The van der Waals surface area contributed by atoms with E-state index in [2.05, 4.69) is 4.98 Å². The van der Waals surface area contributed by atoms with Gasteiger partial charge in [-0.1, -0.05) is 17.7 Å². The predicted molar refractivity (Wildman–Crippen MR) is 88.0 cm³/mol. The van der Waals surface area contributed by atoms with Gasteiger partial charge in [0.15, 0.2) is 0 Å². The van der Waals surface area contributed by atoms with Gasteiger partial charge in [0.25, 0.3) is 0 Å². The summed E-state index contributed by atoms with van der Waals surface area (Å²) in [7, 11) is -3.52. The van der Waals surface area contributed by atoms with Crippen LogP contribution in [-0.2, 0) is 10.0 Å². The molecular formula is C17H17N3O3S. The van der Waals surface area contributed by atoms with Gasteiger partial charge >= 0.3 is 0 Å². The Labute approximate surface area is 141 Å². The van der Waals surface area contributed by atoms with Crippen molar-refractivity contribution in [2.24, 2.45) is 0 Å². The van der Waals surface area contributed by atoms with E-state index in [0.29, 0.717) is 10.5 Å². The molecule has 0 unspecified atom stereocenters. The summed E-state index contributed by atoms with van der Waals surface area (Å²) in [6, 6.07) is 10.6. The highest BCUT2D eigenvalue weighted by atomic mass is 32.2. The van der Waals surface area contributed by atoms with E-state index >= 15 is 0 Å². The summed E-state index contributed by atoms with van der Waals surface area (Å²) in [5, 5.41) is 9.03. The molecule has 0 spiro atoms. The average Bonchev–Trinajstić information content (AvgIpc) is 2.50. The quantitative estimate of drug-likeness (QED) is 0.848. The molecule has 0 amide bonds. The maximum Gasteiger partial charge on any atom is 0.243 e. The molecule has 2 aromatic rings. The first-order valence-corrected chi connectivity index (χ1v) is 8.95. The average molecular weight is 343 g/mol. The summed E-state index contributed by atoms with van der Waals surface area (Å²) in [6.07, 6.45) is 1.24. The molecule has 1 saturated heterocycles. The summed E-state index contributed by atoms with van der Waals surface area (Å²) in [4.78, 5) is 4.35. The van der Waals surface area contributed by atoms with Crippen molar-refractivity contribution >= 4 is 10.0 Å². The van der Waals surface area contributed by atoms with E-state index in [1.165, 1.54) is 4.31 Å². The van der Waals surface area contributed by atoms with Crippen molar-refractivity contribution in [3.8, 4) is 11.9 Å². The van der Waals surface area contributed by atoms with Gasteiger partial charge in [-0.25, -0.2) is 13.4 Å². The Balaban J connectivity index is 1.71. The van der Waals surface area contributed by atoms with E-state index < -0.39 is 10.0 Å². The van der Waals surface area contributed by atoms with Crippen LogP contribution >= 0.6 is 0 Å². The van der Waals surface area contributed by atoms with Crippen molar-refractivity contribution in [2.75, 3.05) is 13.1 Å². The summed E-state index contributed by atoms with van der Waals surface area (Å²) in [5.41, 5.74) is 2.10. The molecule has 0 saturated carbocycles. The summed E-state index contributed by atoms with van der Waals surface area (Å²) in [6.45, 7) is 4.21. The highest BCUT2D eigenvalue weighted by Gasteiger charge is 2.39. The lowest BCUT2D eigenvalue weighted by Crippen LogP contribution is -2.56. The lowest BCUT2D eigenvalue weighted by atomic mass is 10.2. The van der Waals surface area contributed by atoms with Crippen LogP contribution in [0.1, 0.15) is 16.7 Å². The highest BCUT2D eigenvalue weighted by Crippen LogP contribution is 2.27. The van der Waals surface area contributed by atoms with Crippen molar-refractivity contribution in [1.29, 1.82) is 5.26 Å². The Morgan fingerprint density at radius 3 is 2.71 bits per heavy atom. The lowest BCUT2D eigenvalue weighted by Gasteiger charge is -2.37. The first kappa shape index (κ1) is 16.4. The molecule has 0 aliphatic carbocycles. The van der Waals surface area contributed by atoms with Gasteiger partial charge in [0, 0.05) is 6.20 Å². The zero-order chi connectivity index (χ0) is 17.3. The molecule has 0 atom stereocenters. The molecule has 0 radical (unpaired) electrons. The summed E-state index contributed by atoms with van der Waals surface area (Å²) in [5.74, 6) is 0.244. The number of ether oxygens (including phenoxy) is 1.